The van der Waals surface area contributed by atoms with Crippen LogP contribution in [0.2, 0.25) is 0 Å². The minimum Gasteiger partial charge on any atom is -0.378 e. The first-order valence-electron chi connectivity index (χ1n) is 8.06. The Morgan fingerprint density at radius 1 is 1.35 bits per heavy atom. The van der Waals surface area contributed by atoms with Crippen LogP contribution in [-0.2, 0) is 9.53 Å². The van der Waals surface area contributed by atoms with Crippen molar-refractivity contribution in [2.24, 2.45) is 5.73 Å². The van der Waals surface area contributed by atoms with Crippen molar-refractivity contribution in [3.8, 4) is 0 Å². The van der Waals surface area contributed by atoms with Gasteiger partial charge in [0.2, 0.25) is 5.91 Å². The summed E-state index contributed by atoms with van der Waals surface area (Å²) in [5.74, 6) is 0.261. The number of nitrogens with two attached hydrogens (primary N) is 1. The highest BCUT2D eigenvalue weighted by molar-refractivity contribution is 5.81. The number of amides is 1. The fourth-order valence-corrected chi connectivity index (χ4v) is 3.39. The van der Waals surface area contributed by atoms with Crippen molar-refractivity contribution in [2.75, 3.05) is 39.4 Å². The summed E-state index contributed by atoms with van der Waals surface area (Å²) >= 11 is 0. The van der Waals surface area contributed by atoms with Crippen LogP contribution in [0.1, 0.15) is 39.0 Å². The zero-order valence-corrected chi connectivity index (χ0v) is 12.7. The molecule has 1 unspecified atom stereocenters. The normalized spacial score (nSPS) is 22.4. The molecule has 5 heteroatoms. The predicted molar refractivity (Wildman–Crippen MR) is 79.5 cm³/mol. The predicted octanol–water partition coefficient (Wildman–Crippen LogP) is 0.827. The van der Waals surface area contributed by atoms with Gasteiger partial charge in [-0.05, 0) is 32.7 Å². The van der Waals surface area contributed by atoms with Crippen LogP contribution in [0, 0.1) is 0 Å². The molecular weight excluding hydrogens is 254 g/mol. The molecule has 0 aromatic rings. The summed E-state index contributed by atoms with van der Waals surface area (Å²) in [6.45, 7) is 6.51. The Labute approximate surface area is 122 Å². The first-order chi connectivity index (χ1) is 9.74. The summed E-state index contributed by atoms with van der Waals surface area (Å²) in [4.78, 5) is 17.0. The Kier molecular flexibility index (Phi) is 6.26. The lowest BCUT2D eigenvalue weighted by molar-refractivity contribution is -0.141. The summed E-state index contributed by atoms with van der Waals surface area (Å²) < 4.78 is 5.33. The minimum atomic E-state index is -0.0252. The largest absolute Gasteiger partial charge is 0.378 e. The van der Waals surface area contributed by atoms with E-state index in [1.807, 2.05) is 4.90 Å². The van der Waals surface area contributed by atoms with Crippen molar-refractivity contribution in [3.05, 3.63) is 0 Å². The van der Waals surface area contributed by atoms with E-state index in [1.54, 1.807) is 0 Å². The molecule has 2 fully saturated rings. The molecular formula is C15H29N3O2. The summed E-state index contributed by atoms with van der Waals surface area (Å²) in [6, 6.07) is 0.546. The van der Waals surface area contributed by atoms with Crippen LogP contribution < -0.4 is 5.73 Å². The number of nitrogens with zero attached hydrogens (tertiary/aromatic N) is 2. The van der Waals surface area contributed by atoms with E-state index in [4.69, 9.17) is 10.5 Å². The lowest BCUT2D eigenvalue weighted by atomic mass is 10.1. The smallest absolute Gasteiger partial charge is 0.239 e. The van der Waals surface area contributed by atoms with E-state index in [1.165, 1.54) is 25.7 Å². The molecule has 1 saturated heterocycles. The summed E-state index contributed by atoms with van der Waals surface area (Å²) in [6.07, 6.45) is 6.01. The lowest BCUT2D eigenvalue weighted by Crippen LogP contribution is -2.53. The van der Waals surface area contributed by atoms with Gasteiger partial charge >= 0.3 is 0 Å². The minimum absolute atomic E-state index is 0.0252. The fraction of sp³-hybridized carbons (Fsp3) is 0.933. The third-order valence-electron chi connectivity index (χ3n) is 4.59. The topological polar surface area (TPSA) is 58.8 Å². The Bertz CT molecular complexity index is 299. The van der Waals surface area contributed by atoms with Crippen molar-refractivity contribution in [1.29, 1.82) is 0 Å². The SMILES string of the molecule is CC(C(=O)N1CCOCC1)N(CCCN)C1CCCC1. The quantitative estimate of drug-likeness (QED) is 0.784. The highest BCUT2D eigenvalue weighted by Gasteiger charge is 2.32. The molecule has 1 aliphatic carbocycles. The van der Waals surface area contributed by atoms with Crippen LogP contribution in [0.4, 0.5) is 0 Å². The molecule has 1 heterocycles. The molecule has 1 saturated carbocycles. The third kappa shape index (κ3) is 3.93. The maximum atomic E-state index is 12.7. The zero-order chi connectivity index (χ0) is 14.4. The van der Waals surface area contributed by atoms with Gasteiger partial charge in [0.1, 0.15) is 0 Å². The monoisotopic (exact) mass is 283 g/mol. The number of rotatable bonds is 6. The van der Waals surface area contributed by atoms with Crippen molar-refractivity contribution in [2.45, 2.75) is 51.1 Å². The summed E-state index contributed by atoms with van der Waals surface area (Å²) in [7, 11) is 0. The molecule has 0 aromatic carbocycles. The van der Waals surface area contributed by atoms with Crippen molar-refractivity contribution < 1.29 is 9.53 Å². The number of morpholine rings is 1. The lowest BCUT2D eigenvalue weighted by Gasteiger charge is -2.37. The van der Waals surface area contributed by atoms with Gasteiger partial charge in [0.15, 0.2) is 0 Å². The van der Waals surface area contributed by atoms with E-state index < -0.39 is 0 Å². The molecule has 2 N–H and O–H groups in total. The second-order valence-electron chi connectivity index (χ2n) is 5.93. The zero-order valence-electron chi connectivity index (χ0n) is 12.7. The van der Waals surface area contributed by atoms with E-state index in [2.05, 4.69) is 11.8 Å². The molecule has 116 valence electrons. The van der Waals surface area contributed by atoms with Gasteiger partial charge < -0.3 is 15.4 Å². The van der Waals surface area contributed by atoms with Crippen molar-refractivity contribution >= 4 is 5.91 Å². The first kappa shape index (κ1) is 15.7. The second-order valence-corrected chi connectivity index (χ2v) is 5.93. The molecule has 0 bridgehead atoms. The van der Waals surface area contributed by atoms with Crippen LogP contribution in [0.15, 0.2) is 0 Å². The Morgan fingerprint density at radius 2 is 2.00 bits per heavy atom. The van der Waals surface area contributed by atoms with E-state index in [9.17, 15) is 4.79 Å². The molecule has 1 amide bonds. The van der Waals surface area contributed by atoms with Gasteiger partial charge in [0.25, 0.3) is 0 Å². The maximum absolute atomic E-state index is 12.7. The molecule has 0 spiro atoms. The van der Waals surface area contributed by atoms with E-state index in [-0.39, 0.29) is 11.9 Å². The molecule has 5 nitrogen and oxygen atoms in total. The average Bonchev–Trinajstić information content (AvgIpc) is 3.01. The van der Waals surface area contributed by atoms with Gasteiger partial charge in [-0.15, -0.1) is 0 Å². The Morgan fingerprint density at radius 3 is 2.60 bits per heavy atom. The number of hydrogen-bond donors (Lipinski definition) is 1. The number of ether oxygens (including phenoxy) is 1. The number of carbonyl (C=O) groups is 1. The van der Waals surface area contributed by atoms with Gasteiger partial charge in [-0.3, -0.25) is 9.69 Å². The molecule has 1 aliphatic heterocycles. The Hall–Kier alpha value is -0.650. The fourth-order valence-electron chi connectivity index (χ4n) is 3.39. The Balaban J connectivity index is 1.96. The third-order valence-corrected chi connectivity index (χ3v) is 4.59. The van der Waals surface area contributed by atoms with Crippen LogP contribution in [0.25, 0.3) is 0 Å². The molecule has 0 radical (unpaired) electrons. The molecule has 2 rings (SSSR count). The van der Waals surface area contributed by atoms with Crippen LogP contribution in [0.5, 0.6) is 0 Å². The van der Waals surface area contributed by atoms with Gasteiger partial charge in [-0.25, -0.2) is 0 Å². The van der Waals surface area contributed by atoms with Gasteiger partial charge in [-0.2, -0.15) is 0 Å². The van der Waals surface area contributed by atoms with E-state index >= 15 is 0 Å². The first-order valence-corrected chi connectivity index (χ1v) is 8.06. The van der Waals surface area contributed by atoms with E-state index in [0.717, 1.165) is 26.1 Å². The van der Waals surface area contributed by atoms with Crippen LogP contribution >= 0.6 is 0 Å². The van der Waals surface area contributed by atoms with Gasteiger partial charge in [0.05, 0.1) is 19.3 Å². The van der Waals surface area contributed by atoms with E-state index in [0.29, 0.717) is 25.8 Å². The molecule has 20 heavy (non-hydrogen) atoms. The maximum Gasteiger partial charge on any atom is 0.239 e. The van der Waals surface area contributed by atoms with Gasteiger partial charge in [-0.1, -0.05) is 12.8 Å². The highest BCUT2D eigenvalue weighted by atomic mass is 16.5. The number of hydrogen-bond acceptors (Lipinski definition) is 4. The average molecular weight is 283 g/mol. The summed E-state index contributed by atoms with van der Waals surface area (Å²) in [5.41, 5.74) is 5.66. The standard InChI is InChI=1S/C15H29N3O2/c1-13(15(19)17-9-11-20-12-10-17)18(8-4-7-16)14-5-2-3-6-14/h13-14H,2-12,16H2,1H3. The van der Waals surface area contributed by atoms with Crippen LogP contribution in [-0.4, -0.2) is 67.2 Å². The number of carbonyl (C=O) groups excluding carboxylic acids is 1. The molecule has 0 aromatic heterocycles. The van der Waals surface area contributed by atoms with Gasteiger partial charge in [0, 0.05) is 25.7 Å². The molecule has 1 atom stereocenters. The highest BCUT2D eigenvalue weighted by Crippen LogP contribution is 2.26. The summed E-state index contributed by atoms with van der Waals surface area (Å²) in [5, 5.41) is 0. The van der Waals surface area contributed by atoms with Crippen molar-refractivity contribution in [1.82, 2.24) is 9.80 Å². The molecule has 2 aliphatic rings. The second kappa shape index (κ2) is 7.96. The van der Waals surface area contributed by atoms with Crippen LogP contribution in [0.3, 0.4) is 0 Å². The van der Waals surface area contributed by atoms with Crippen molar-refractivity contribution in [3.63, 3.8) is 0 Å².